The number of hydrogen-bond acceptors (Lipinski definition) is 6. The Bertz CT molecular complexity index is 1330. The van der Waals surface area contributed by atoms with Crippen LogP contribution in [0, 0.1) is 0 Å². The van der Waals surface area contributed by atoms with Gasteiger partial charge >= 0.3 is 0 Å². The van der Waals surface area contributed by atoms with Gasteiger partial charge in [-0.2, -0.15) is 0 Å². The third-order valence-corrected chi connectivity index (χ3v) is 6.54. The van der Waals surface area contributed by atoms with E-state index in [1.165, 1.54) is 18.7 Å². The van der Waals surface area contributed by atoms with Gasteiger partial charge in [0.2, 0.25) is 5.91 Å². The fraction of sp³-hybridized carbons (Fsp3) is 0.222. The van der Waals surface area contributed by atoms with E-state index in [4.69, 9.17) is 0 Å². The number of Topliss-reactive ketones (excluding diaryl/α,β-unsaturated/α-hetero) is 1. The first-order chi connectivity index (χ1) is 16.8. The van der Waals surface area contributed by atoms with Crippen LogP contribution in [0.5, 0.6) is 0 Å². The number of anilines is 1. The lowest BCUT2D eigenvalue weighted by atomic mass is 10.0. The Kier molecular flexibility index (Phi) is 7.41. The third-order valence-electron chi connectivity index (χ3n) is 5.49. The van der Waals surface area contributed by atoms with Crippen LogP contribution in [0.4, 0.5) is 5.69 Å². The second-order valence-electron chi connectivity index (χ2n) is 8.48. The van der Waals surface area contributed by atoms with Gasteiger partial charge in [0.15, 0.2) is 16.8 Å². The largest absolute Gasteiger partial charge is 0.326 e. The summed E-state index contributed by atoms with van der Waals surface area (Å²) in [6, 6.07) is 18.9. The van der Waals surface area contributed by atoms with Crippen LogP contribution in [-0.4, -0.2) is 36.7 Å². The molecule has 0 aliphatic heterocycles. The average Bonchev–Trinajstić information content (AvgIpc) is 3.27. The van der Waals surface area contributed by atoms with Gasteiger partial charge in [0, 0.05) is 36.1 Å². The molecule has 0 spiro atoms. The molecule has 8 heteroatoms. The molecule has 1 unspecified atom stereocenters. The molecule has 0 aliphatic carbocycles. The van der Waals surface area contributed by atoms with Gasteiger partial charge in [0.1, 0.15) is 0 Å². The maximum Gasteiger partial charge on any atom is 0.221 e. The normalized spacial score (nSPS) is 11.9. The number of hydrogen-bond donors (Lipinski definition) is 1. The zero-order chi connectivity index (χ0) is 24.9. The van der Waals surface area contributed by atoms with Crippen LogP contribution >= 0.6 is 11.8 Å². The summed E-state index contributed by atoms with van der Waals surface area (Å²) in [6.07, 6.45) is 3.48. The van der Waals surface area contributed by atoms with Gasteiger partial charge in [-0.05, 0) is 60.9 Å². The van der Waals surface area contributed by atoms with Crippen molar-refractivity contribution >= 4 is 29.1 Å². The fourth-order valence-corrected chi connectivity index (χ4v) is 4.73. The number of para-hydroxylation sites is 1. The maximum atomic E-state index is 13.2. The van der Waals surface area contributed by atoms with Gasteiger partial charge in [-0.3, -0.25) is 19.1 Å². The summed E-state index contributed by atoms with van der Waals surface area (Å²) < 4.78 is 2.01. The van der Waals surface area contributed by atoms with E-state index in [0.29, 0.717) is 22.2 Å². The molecule has 2 aromatic carbocycles. The lowest BCUT2D eigenvalue weighted by Gasteiger charge is -2.18. The Labute approximate surface area is 209 Å². The molecule has 4 rings (SSSR count). The summed E-state index contributed by atoms with van der Waals surface area (Å²) >= 11 is 1.37. The van der Waals surface area contributed by atoms with Crippen molar-refractivity contribution in [3.8, 4) is 17.1 Å². The van der Waals surface area contributed by atoms with Crippen LogP contribution < -0.4 is 5.32 Å². The number of benzene rings is 2. The number of thioether (sulfide) groups is 1. The lowest BCUT2D eigenvalue weighted by Crippen LogP contribution is -2.15. The van der Waals surface area contributed by atoms with E-state index in [1.807, 2.05) is 35.8 Å². The fourth-order valence-electron chi connectivity index (χ4n) is 3.79. The van der Waals surface area contributed by atoms with E-state index in [1.54, 1.807) is 36.7 Å². The Hall–Kier alpha value is -3.78. The zero-order valence-electron chi connectivity index (χ0n) is 20.1. The van der Waals surface area contributed by atoms with E-state index in [0.717, 1.165) is 16.8 Å². The SMILES string of the molecule is CC(=O)Nc1ccc(C(=O)C(C)Sc2nnc(-c3cccnc3)n2-c2ccccc2C(C)C)cc1. The molecule has 4 aromatic rings. The number of nitrogens with zero attached hydrogens (tertiary/aromatic N) is 4. The third kappa shape index (κ3) is 5.49. The van der Waals surface area contributed by atoms with E-state index in [-0.39, 0.29) is 17.6 Å². The molecule has 1 amide bonds. The van der Waals surface area contributed by atoms with Gasteiger partial charge in [-0.25, -0.2) is 0 Å². The lowest BCUT2D eigenvalue weighted by molar-refractivity contribution is -0.114. The minimum Gasteiger partial charge on any atom is -0.326 e. The molecular weight excluding hydrogens is 458 g/mol. The Morgan fingerprint density at radius 1 is 0.943 bits per heavy atom. The molecular formula is C27H27N5O2S. The van der Waals surface area contributed by atoms with E-state index < -0.39 is 5.25 Å². The number of amides is 1. The molecule has 1 N–H and O–H groups in total. The number of rotatable bonds is 8. The minimum absolute atomic E-state index is 0.0287. The number of pyridine rings is 1. The number of nitrogens with one attached hydrogen (secondary N) is 1. The molecule has 0 saturated carbocycles. The second-order valence-corrected chi connectivity index (χ2v) is 9.79. The van der Waals surface area contributed by atoms with Crippen LogP contribution in [0.3, 0.4) is 0 Å². The molecule has 35 heavy (non-hydrogen) atoms. The predicted molar refractivity (Wildman–Crippen MR) is 139 cm³/mol. The van der Waals surface area contributed by atoms with Gasteiger partial charge in [0.05, 0.1) is 10.9 Å². The predicted octanol–water partition coefficient (Wildman–Crippen LogP) is 5.77. The summed E-state index contributed by atoms with van der Waals surface area (Å²) in [7, 11) is 0. The van der Waals surface area contributed by atoms with E-state index in [9.17, 15) is 9.59 Å². The first-order valence-corrected chi connectivity index (χ1v) is 12.3. The highest BCUT2D eigenvalue weighted by atomic mass is 32.2. The van der Waals surface area contributed by atoms with Crippen molar-refractivity contribution in [2.75, 3.05) is 5.32 Å². The molecule has 1 atom stereocenters. The molecule has 2 heterocycles. The van der Waals surface area contributed by atoms with Crippen molar-refractivity contribution in [2.24, 2.45) is 0 Å². The van der Waals surface area contributed by atoms with Crippen molar-refractivity contribution in [3.05, 3.63) is 84.2 Å². The van der Waals surface area contributed by atoms with Crippen molar-refractivity contribution in [1.82, 2.24) is 19.7 Å². The van der Waals surface area contributed by atoms with Crippen molar-refractivity contribution in [3.63, 3.8) is 0 Å². The molecule has 0 saturated heterocycles. The Morgan fingerprint density at radius 3 is 2.34 bits per heavy atom. The maximum absolute atomic E-state index is 13.2. The number of carbonyl (C=O) groups is 2. The summed E-state index contributed by atoms with van der Waals surface area (Å²) in [5.74, 6) is 0.778. The first-order valence-electron chi connectivity index (χ1n) is 11.4. The standard InChI is InChI=1S/C27H27N5O2S/c1-17(2)23-9-5-6-10-24(23)32-26(21-8-7-15-28-16-21)30-31-27(32)35-18(3)25(34)20-11-13-22(14-12-20)29-19(4)33/h5-18H,1-4H3,(H,29,33). The van der Waals surface area contributed by atoms with Crippen LogP contribution in [0.25, 0.3) is 17.1 Å². The molecule has 0 radical (unpaired) electrons. The summed E-state index contributed by atoms with van der Waals surface area (Å²) in [5, 5.41) is 11.9. The summed E-state index contributed by atoms with van der Waals surface area (Å²) in [6.45, 7) is 7.62. The number of aromatic nitrogens is 4. The van der Waals surface area contributed by atoms with Crippen molar-refractivity contribution < 1.29 is 9.59 Å². The van der Waals surface area contributed by atoms with E-state index in [2.05, 4.69) is 46.5 Å². The Morgan fingerprint density at radius 2 is 1.69 bits per heavy atom. The Balaban J connectivity index is 1.69. The monoisotopic (exact) mass is 485 g/mol. The number of ketones is 1. The van der Waals surface area contributed by atoms with Crippen LogP contribution in [0.15, 0.2) is 78.2 Å². The average molecular weight is 486 g/mol. The summed E-state index contributed by atoms with van der Waals surface area (Å²) in [5.41, 5.74) is 4.21. The van der Waals surface area contributed by atoms with Crippen LogP contribution in [0.1, 0.15) is 49.5 Å². The summed E-state index contributed by atoms with van der Waals surface area (Å²) in [4.78, 5) is 28.7. The van der Waals surface area contributed by atoms with Gasteiger partial charge in [0.25, 0.3) is 0 Å². The molecule has 2 aromatic heterocycles. The van der Waals surface area contributed by atoms with Gasteiger partial charge in [-0.1, -0.05) is 43.8 Å². The van der Waals surface area contributed by atoms with Crippen LogP contribution in [-0.2, 0) is 4.79 Å². The van der Waals surface area contributed by atoms with Crippen LogP contribution in [0.2, 0.25) is 0 Å². The van der Waals surface area contributed by atoms with Gasteiger partial charge in [-0.15, -0.1) is 10.2 Å². The smallest absolute Gasteiger partial charge is 0.221 e. The quantitative estimate of drug-likeness (QED) is 0.252. The molecule has 7 nitrogen and oxygen atoms in total. The molecule has 0 bridgehead atoms. The second kappa shape index (κ2) is 10.7. The molecule has 0 aliphatic rings. The number of carbonyl (C=O) groups excluding carboxylic acids is 2. The molecule has 0 fully saturated rings. The van der Waals surface area contributed by atoms with Gasteiger partial charge < -0.3 is 5.32 Å². The van der Waals surface area contributed by atoms with Crippen molar-refractivity contribution in [1.29, 1.82) is 0 Å². The highest BCUT2D eigenvalue weighted by Crippen LogP contribution is 2.34. The van der Waals surface area contributed by atoms with Crippen molar-refractivity contribution in [2.45, 2.75) is 44.0 Å². The van der Waals surface area contributed by atoms with E-state index >= 15 is 0 Å². The highest BCUT2D eigenvalue weighted by Gasteiger charge is 2.24. The highest BCUT2D eigenvalue weighted by molar-refractivity contribution is 8.00. The first kappa shape index (κ1) is 24.3. The molecule has 178 valence electrons. The zero-order valence-corrected chi connectivity index (χ0v) is 20.9. The minimum atomic E-state index is -0.405. The topological polar surface area (TPSA) is 89.8 Å².